The molecule has 0 aliphatic rings. The zero-order chi connectivity index (χ0) is 24.1. The maximum atomic E-state index is 13.3. The van der Waals surface area contributed by atoms with Crippen molar-refractivity contribution in [1.82, 2.24) is 9.38 Å². The van der Waals surface area contributed by atoms with Gasteiger partial charge >= 0.3 is 0 Å². The van der Waals surface area contributed by atoms with Gasteiger partial charge in [0.2, 0.25) is 5.88 Å². The maximum Gasteiger partial charge on any atom is 0.269 e. The van der Waals surface area contributed by atoms with Crippen molar-refractivity contribution < 1.29 is 14.3 Å². The van der Waals surface area contributed by atoms with Crippen molar-refractivity contribution in [3.63, 3.8) is 0 Å². The first-order valence-corrected chi connectivity index (χ1v) is 10.3. The molecule has 8 heteroatoms. The van der Waals surface area contributed by atoms with Crippen molar-refractivity contribution in [2.24, 2.45) is 0 Å². The topological polar surface area (TPSA) is 106 Å². The molecule has 0 spiro atoms. The van der Waals surface area contributed by atoms with E-state index in [9.17, 15) is 14.9 Å². The van der Waals surface area contributed by atoms with Gasteiger partial charge in [-0.3, -0.25) is 14.0 Å². The summed E-state index contributed by atoms with van der Waals surface area (Å²) < 4.78 is 12.4. The lowest BCUT2D eigenvalue weighted by molar-refractivity contribution is -0.112. The molecule has 168 valence electrons. The Morgan fingerprint density at radius 3 is 2.47 bits per heavy atom. The van der Waals surface area contributed by atoms with Gasteiger partial charge in [-0.15, -0.1) is 0 Å². The lowest BCUT2D eigenvalue weighted by atomic mass is 10.1. The minimum atomic E-state index is -0.674. The first kappa shape index (κ1) is 22.3. The molecule has 0 saturated carbocycles. The number of hydrogen-bond donors (Lipinski definition) is 1. The Labute approximate surface area is 195 Å². The van der Waals surface area contributed by atoms with E-state index < -0.39 is 11.5 Å². The molecule has 2 aromatic heterocycles. The van der Waals surface area contributed by atoms with Crippen LogP contribution in [-0.4, -0.2) is 22.4 Å². The van der Waals surface area contributed by atoms with Gasteiger partial charge in [-0.1, -0.05) is 24.3 Å². The van der Waals surface area contributed by atoms with E-state index in [2.05, 4.69) is 10.3 Å². The van der Waals surface area contributed by atoms with E-state index in [1.54, 1.807) is 60.8 Å². The van der Waals surface area contributed by atoms with Crippen LogP contribution in [0, 0.1) is 18.3 Å². The summed E-state index contributed by atoms with van der Waals surface area (Å²) in [6.45, 7) is 1.83. The summed E-state index contributed by atoms with van der Waals surface area (Å²) in [5.74, 6) is 0.410. The van der Waals surface area contributed by atoms with Crippen LogP contribution in [0.1, 0.15) is 11.1 Å². The Bertz CT molecular complexity index is 1480. The molecule has 34 heavy (non-hydrogen) atoms. The Kier molecular flexibility index (Phi) is 6.37. The van der Waals surface area contributed by atoms with Gasteiger partial charge in [-0.2, -0.15) is 10.2 Å². The number of aryl methyl sites for hydroxylation is 1. The number of benzene rings is 2. The van der Waals surface area contributed by atoms with Crippen LogP contribution in [-0.2, 0) is 4.79 Å². The van der Waals surface area contributed by atoms with Crippen LogP contribution in [0.3, 0.4) is 0 Å². The number of nitrogens with zero attached hydrogens (tertiary/aromatic N) is 3. The highest BCUT2D eigenvalue weighted by atomic mass is 16.5. The fourth-order valence-corrected chi connectivity index (χ4v) is 3.26. The molecule has 4 rings (SSSR count). The van der Waals surface area contributed by atoms with Crippen LogP contribution in [0.15, 0.2) is 83.3 Å². The molecule has 0 aliphatic heterocycles. The summed E-state index contributed by atoms with van der Waals surface area (Å²) >= 11 is 0. The van der Waals surface area contributed by atoms with E-state index in [-0.39, 0.29) is 17.0 Å². The predicted octanol–water partition coefficient (Wildman–Crippen LogP) is 4.35. The average Bonchev–Trinajstić information content (AvgIpc) is 2.85. The maximum absolute atomic E-state index is 13.3. The number of pyridine rings is 1. The van der Waals surface area contributed by atoms with Crippen molar-refractivity contribution in [3.8, 4) is 23.4 Å². The molecule has 4 aromatic rings. The van der Waals surface area contributed by atoms with Gasteiger partial charge < -0.3 is 14.8 Å². The van der Waals surface area contributed by atoms with Crippen LogP contribution >= 0.6 is 0 Å². The summed E-state index contributed by atoms with van der Waals surface area (Å²) in [4.78, 5) is 30.7. The lowest BCUT2D eigenvalue weighted by Gasteiger charge is -2.11. The zero-order valence-electron chi connectivity index (χ0n) is 18.5. The van der Waals surface area contributed by atoms with Crippen LogP contribution < -0.4 is 20.3 Å². The Morgan fingerprint density at radius 1 is 1.06 bits per heavy atom. The summed E-state index contributed by atoms with van der Waals surface area (Å²) in [5.41, 5.74) is 0.887. The van der Waals surface area contributed by atoms with Crippen LogP contribution in [0.25, 0.3) is 11.7 Å². The summed E-state index contributed by atoms with van der Waals surface area (Å²) in [6.07, 6.45) is 2.77. The zero-order valence-corrected chi connectivity index (χ0v) is 18.5. The molecule has 0 saturated heterocycles. The molecule has 0 aliphatic carbocycles. The molecule has 1 N–H and O–H groups in total. The average molecular weight is 452 g/mol. The van der Waals surface area contributed by atoms with Gasteiger partial charge in [-0.25, -0.2) is 0 Å². The third-order valence-electron chi connectivity index (χ3n) is 5.01. The molecule has 0 atom stereocenters. The molecule has 0 radical (unpaired) electrons. The van der Waals surface area contributed by atoms with Crippen LogP contribution in [0.4, 0.5) is 5.69 Å². The third kappa shape index (κ3) is 4.64. The molecular formula is C26H20N4O4. The number of methoxy groups -OCH3 is 1. The third-order valence-corrected chi connectivity index (χ3v) is 5.01. The fraction of sp³-hybridized carbons (Fsp3) is 0.0769. The van der Waals surface area contributed by atoms with E-state index in [1.807, 2.05) is 25.1 Å². The van der Waals surface area contributed by atoms with E-state index in [4.69, 9.17) is 9.47 Å². The number of ether oxygens (including phenoxy) is 2. The summed E-state index contributed by atoms with van der Waals surface area (Å²) in [6, 6.07) is 20.9. The number of rotatable bonds is 6. The van der Waals surface area contributed by atoms with E-state index in [0.717, 1.165) is 5.56 Å². The van der Waals surface area contributed by atoms with Crippen molar-refractivity contribution in [2.45, 2.75) is 6.92 Å². The Balaban J connectivity index is 1.79. The normalized spacial score (nSPS) is 11.0. The van der Waals surface area contributed by atoms with Gasteiger partial charge in [-0.05, 0) is 61.0 Å². The first-order valence-electron chi connectivity index (χ1n) is 10.3. The predicted molar refractivity (Wildman–Crippen MR) is 128 cm³/mol. The van der Waals surface area contributed by atoms with Crippen molar-refractivity contribution in [1.29, 1.82) is 5.26 Å². The minimum absolute atomic E-state index is 0.00417. The number of carbonyl (C=O) groups is 1. The van der Waals surface area contributed by atoms with Crippen molar-refractivity contribution in [2.75, 3.05) is 12.4 Å². The highest BCUT2D eigenvalue weighted by Gasteiger charge is 2.18. The highest BCUT2D eigenvalue weighted by molar-refractivity contribution is 6.09. The fourth-order valence-electron chi connectivity index (χ4n) is 3.26. The standard InChI is InChI=1S/C26H20N4O4/c1-17-7-6-14-30-23(17)29-25(34-21-8-4-3-5-9-21)22(26(30)32)15-18(16-27)24(31)28-19-10-12-20(33-2)13-11-19/h3-15H,1-2H3,(H,28,31). The molecule has 8 nitrogen and oxygen atoms in total. The first-order chi connectivity index (χ1) is 16.5. The highest BCUT2D eigenvalue weighted by Crippen LogP contribution is 2.25. The number of amides is 1. The second-order valence-corrected chi connectivity index (χ2v) is 7.29. The van der Waals surface area contributed by atoms with Gasteiger partial charge in [0.1, 0.15) is 34.4 Å². The second kappa shape index (κ2) is 9.71. The molecule has 2 heterocycles. The Hall–Kier alpha value is -4.90. The quantitative estimate of drug-likeness (QED) is 0.344. The van der Waals surface area contributed by atoms with Gasteiger partial charge in [0, 0.05) is 11.9 Å². The number of carbonyl (C=O) groups excluding carboxylic acids is 1. The number of para-hydroxylation sites is 1. The van der Waals surface area contributed by atoms with Gasteiger partial charge in [0.25, 0.3) is 11.5 Å². The number of aromatic nitrogens is 2. The summed E-state index contributed by atoms with van der Waals surface area (Å²) in [5, 5.41) is 12.3. The van der Waals surface area contributed by atoms with Crippen molar-refractivity contribution in [3.05, 3.63) is 100.0 Å². The largest absolute Gasteiger partial charge is 0.497 e. The number of anilines is 1. The number of nitriles is 1. The van der Waals surface area contributed by atoms with Crippen molar-refractivity contribution >= 4 is 23.3 Å². The number of fused-ring (bicyclic) bond motifs is 1. The van der Waals surface area contributed by atoms with E-state index in [0.29, 0.717) is 22.8 Å². The summed E-state index contributed by atoms with van der Waals surface area (Å²) in [7, 11) is 1.54. The molecular weight excluding hydrogens is 432 g/mol. The van der Waals surface area contributed by atoms with Crippen LogP contribution in [0.2, 0.25) is 0 Å². The molecule has 1 amide bonds. The smallest absolute Gasteiger partial charge is 0.269 e. The van der Waals surface area contributed by atoms with E-state index in [1.165, 1.54) is 17.6 Å². The minimum Gasteiger partial charge on any atom is -0.497 e. The monoisotopic (exact) mass is 452 g/mol. The van der Waals surface area contributed by atoms with Gasteiger partial charge in [0.15, 0.2) is 0 Å². The van der Waals surface area contributed by atoms with E-state index >= 15 is 0 Å². The molecule has 2 aromatic carbocycles. The molecule has 0 unspecified atom stereocenters. The molecule has 0 fully saturated rings. The van der Waals surface area contributed by atoms with Crippen LogP contribution in [0.5, 0.6) is 17.4 Å². The lowest BCUT2D eigenvalue weighted by Crippen LogP contribution is -2.20. The molecule has 0 bridgehead atoms. The SMILES string of the molecule is COc1ccc(NC(=O)C(C#N)=Cc2c(Oc3ccccc3)nc3c(C)cccn3c2=O)cc1. The Morgan fingerprint density at radius 2 is 1.79 bits per heavy atom. The second-order valence-electron chi connectivity index (χ2n) is 7.29. The number of hydrogen-bond acceptors (Lipinski definition) is 6. The van der Waals surface area contributed by atoms with Gasteiger partial charge in [0.05, 0.1) is 7.11 Å². The number of nitrogens with one attached hydrogen (secondary N) is 1.